The van der Waals surface area contributed by atoms with Gasteiger partial charge in [-0.25, -0.2) is 14.4 Å². The van der Waals surface area contributed by atoms with Crippen molar-refractivity contribution < 1.29 is 67.0 Å². The Morgan fingerprint density at radius 1 is 0.945 bits per heavy atom. The summed E-state index contributed by atoms with van der Waals surface area (Å²) in [7, 11) is -2.73. The first-order valence-electron chi connectivity index (χ1n) is 26.0. The van der Waals surface area contributed by atoms with E-state index >= 15 is 9.59 Å². The van der Waals surface area contributed by atoms with Crippen LogP contribution in [0.4, 0.5) is 4.79 Å². The molecule has 0 spiro atoms. The molecule has 2 heterocycles. The van der Waals surface area contributed by atoms with E-state index in [2.05, 4.69) is 10.2 Å². The van der Waals surface area contributed by atoms with Crippen molar-refractivity contribution >= 4 is 49.9 Å². The molecule has 4 fully saturated rings. The number of carbonyl (C=O) groups excluding carboxylic acids is 5. The lowest BCUT2D eigenvalue weighted by Crippen LogP contribution is -2.82. The molecule has 5 aliphatic rings. The van der Waals surface area contributed by atoms with Gasteiger partial charge in [-0.15, -0.1) is 0 Å². The van der Waals surface area contributed by atoms with Gasteiger partial charge in [0.05, 0.1) is 42.3 Å². The van der Waals surface area contributed by atoms with E-state index in [0.29, 0.717) is 41.4 Å². The van der Waals surface area contributed by atoms with E-state index in [0.717, 1.165) is 24.6 Å². The fraction of sp³-hybridized carbons (Fsp3) is 0.655. The number of ether oxygens (including phenoxy) is 6. The first-order valence-corrected chi connectivity index (χ1v) is 29.7. The molecule has 3 aliphatic carbocycles. The lowest BCUT2D eigenvalue weighted by atomic mass is 9.44. The maximum atomic E-state index is 16.2. The van der Waals surface area contributed by atoms with Gasteiger partial charge in [0.25, 0.3) is 0 Å². The summed E-state index contributed by atoms with van der Waals surface area (Å²) in [5.74, 6) is -2.53. The highest BCUT2D eigenvalue weighted by molar-refractivity contribution is 7.99. The minimum absolute atomic E-state index is 0.0870. The average molecular weight is 1050 g/mol. The average Bonchev–Trinajstić information content (AvgIpc) is 3.35. The molecular weight excluding hydrogens is 973 g/mol. The number of amides is 1. The minimum Gasteiger partial charge on any atom is -0.456 e. The zero-order chi connectivity index (χ0) is 53.3. The number of aliphatic hydroxyl groups excluding tert-OH is 1. The van der Waals surface area contributed by atoms with Crippen molar-refractivity contribution in [1.82, 2.24) is 10.2 Å². The largest absolute Gasteiger partial charge is 0.456 e. The van der Waals surface area contributed by atoms with Crippen molar-refractivity contribution in [1.29, 1.82) is 0 Å². The van der Waals surface area contributed by atoms with E-state index < -0.39 is 121 Å². The van der Waals surface area contributed by atoms with E-state index in [1.54, 1.807) is 103 Å². The van der Waals surface area contributed by atoms with Crippen LogP contribution in [0.1, 0.15) is 111 Å². The molecule has 2 saturated heterocycles. The number of aliphatic hydroxyl groups is 2. The van der Waals surface area contributed by atoms with Crippen LogP contribution in [0, 0.1) is 16.7 Å². The van der Waals surface area contributed by atoms with Gasteiger partial charge in [0.15, 0.2) is 25.8 Å². The second kappa shape index (κ2) is 22.2. The maximum Gasteiger partial charge on any atom is 0.408 e. The summed E-state index contributed by atoms with van der Waals surface area (Å²) in [4.78, 5) is 75.9. The normalized spacial score (nSPS) is 31.0. The fourth-order valence-electron chi connectivity index (χ4n) is 12.2. The van der Waals surface area contributed by atoms with Gasteiger partial charge in [-0.05, 0) is 81.6 Å². The Hall–Kier alpha value is -4.14. The number of thioether (sulfide) groups is 1. The number of alkyl carbamates (subject to hydrolysis) is 1. The second-order valence-corrected chi connectivity index (χ2v) is 28.2. The van der Waals surface area contributed by atoms with E-state index in [4.69, 9.17) is 32.8 Å². The van der Waals surface area contributed by atoms with Crippen molar-refractivity contribution in [2.24, 2.45) is 16.7 Å². The van der Waals surface area contributed by atoms with Crippen molar-refractivity contribution in [3.8, 4) is 0 Å². The molecule has 11 atom stereocenters. The van der Waals surface area contributed by atoms with E-state index in [9.17, 15) is 24.6 Å². The quantitative estimate of drug-likeness (QED) is 0.0613. The lowest BCUT2D eigenvalue weighted by molar-refractivity contribution is -0.346. The van der Waals surface area contributed by atoms with Crippen molar-refractivity contribution in [3.63, 3.8) is 0 Å². The van der Waals surface area contributed by atoms with Gasteiger partial charge >= 0.3 is 24.0 Å². The number of esters is 3. The molecule has 7 rings (SSSR count). The van der Waals surface area contributed by atoms with Crippen LogP contribution in [0.5, 0.6) is 0 Å². The third-order valence-electron chi connectivity index (χ3n) is 16.6. The number of nitrogens with zero attached hydrogens (tertiary/aromatic N) is 1. The molecule has 2 bridgehead atoms. The summed E-state index contributed by atoms with van der Waals surface area (Å²) in [6.45, 7) is 21.3. The van der Waals surface area contributed by atoms with E-state index in [1.165, 1.54) is 6.92 Å². The number of hydrogen-bond acceptors (Lipinski definition) is 16. The van der Waals surface area contributed by atoms with Crippen molar-refractivity contribution in [2.75, 3.05) is 44.4 Å². The summed E-state index contributed by atoms with van der Waals surface area (Å²) in [5.41, 5.74) is -6.84. The van der Waals surface area contributed by atoms with Crippen LogP contribution in [0.2, 0.25) is 18.1 Å². The van der Waals surface area contributed by atoms with Crippen molar-refractivity contribution in [2.45, 2.75) is 167 Å². The number of ketones is 1. The summed E-state index contributed by atoms with van der Waals surface area (Å²) in [5, 5.41) is 29.7. The molecule has 18 heteroatoms. The SMILES string of the molecule is CC[Si](CC)(CC)O[C@@H](C(=O)O[C@H]1C[C@@]2(O)[C@@H](OC(=O)c3ccccc3)[C@@H]3[C@]4(OC(C)=O)CO[C@@H]4C[C@H](O)[C@@]3(C)C(=O)[C@H](OCCN3CCSCC3)C(=C1C)C2(C)C)[C@@H](NC(=O)OC(C)(C)C)c1ccccc1. The molecule has 2 aromatic carbocycles. The Morgan fingerprint density at radius 2 is 1.56 bits per heavy atom. The summed E-state index contributed by atoms with van der Waals surface area (Å²) >= 11 is 1.86. The third-order valence-corrected chi connectivity index (χ3v) is 22.2. The van der Waals surface area contributed by atoms with E-state index in [-0.39, 0.29) is 25.2 Å². The molecule has 402 valence electrons. The van der Waals surface area contributed by atoms with Crippen LogP contribution in [0.15, 0.2) is 71.8 Å². The topological polar surface area (TPSA) is 206 Å². The number of benzene rings is 2. The highest BCUT2D eigenvalue weighted by atomic mass is 32.2. The molecule has 0 radical (unpaired) electrons. The molecule has 1 amide bonds. The molecule has 73 heavy (non-hydrogen) atoms. The Labute approximate surface area is 436 Å². The third kappa shape index (κ3) is 11.0. The van der Waals surface area contributed by atoms with Crippen molar-refractivity contribution in [3.05, 3.63) is 82.9 Å². The first kappa shape index (κ1) is 56.6. The zero-order valence-electron chi connectivity index (χ0n) is 44.5. The van der Waals surface area contributed by atoms with Gasteiger partial charge in [0, 0.05) is 56.3 Å². The van der Waals surface area contributed by atoms with Crippen LogP contribution in [-0.2, 0) is 47.2 Å². The van der Waals surface area contributed by atoms with Crippen LogP contribution in [0.25, 0.3) is 0 Å². The predicted molar refractivity (Wildman–Crippen MR) is 277 cm³/mol. The maximum absolute atomic E-state index is 16.2. The van der Waals surface area contributed by atoms with Gasteiger partial charge in [-0.3, -0.25) is 14.5 Å². The molecule has 0 unspecified atom stereocenters. The summed E-state index contributed by atoms with van der Waals surface area (Å²) in [6.07, 6.45) is -9.61. The summed E-state index contributed by atoms with van der Waals surface area (Å²) < 4.78 is 45.5. The van der Waals surface area contributed by atoms with Gasteiger partial charge in [-0.1, -0.05) is 83.1 Å². The molecule has 3 N–H and O–H groups in total. The van der Waals surface area contributed by atoms with Gasteiger partial charge in [0.1, 0.15) is 35.6 Å². The molecule has 2 aliphatic heterocycles. The number of carbonyl (C=O) groups is 5. The standard InChI is InChI=1S/C55H78N2O14SSi/c1-12-73(13-2,14-3)71-44(42(36-21-17-15-18-22-36)56-50(63)70-51(6,7)8)49(62)67-38-32-55(64)47(68-48(61)37-23-19-16-20-24-37)45-53(11,39(59)31-40-54(45,33-66-40)69-35(5)58)46(60)43(41(34(38)4)52(55,9)10)65-28-25-57-26-29-72-30-27-57/h15-24,38-40,42-45,47,59,64H,12-14,25-33H2,1-11H3,(H,56,63)/t38-,39-,40+,42-,43+,44+,45-,47-,53+,54-,55+/m0/s1. The Balaban J connectivity index is 1.44. The molecule has 2 saturated carbocycles. The van der Waals surface area contributed by atoms with Crippen LogP contribution in [0.3, 0.4) is 0 Å². The molecule has 0 aromatic heterocycles. The number of hydrogen-bond donors (Lipinski definition) is 3. The predicted octanol–water partition coefficient (Wildman–Crippen LogP) is 7.36. The van der Waals surface area contributed by atoms with Crippen LogP contribution < -0.4 is 5.32 Å². The molecule has 16 nitrogen and oxygen atoms in total. The number of fused-ring (bicyclic) bond motifs is 5. The number of nitrogens with one attached hydrogen (secondary N) is 1. The second-order valence-electron chi connectivity index (χ2n) is 22.2. The molecule has 2 aromatic rings. The zero-order valence-corrected chi connectivity index (χ0v) is 46.3. The Bertz CT molecular complexity index is 2350. The smallest absolute Gasteiger partial charge is 0.408 e. The van der Waals surface area contributed by atoms with Gasteiger partial charge in [-0.2, -0.15) is 11.8 Å². The first-order chi connectivity index (χ1) is 34.4. The summed E-state index contributed by atoms with van der Waals surface area (Å²) in [6, 6.07) is 18.0. The van der Waals surface area contributed by atoms with Crippen LogP contribution >= 0.6 is 11.8 Å². The minimum atomic E-state index is -2.73. The highest BCUT2D eigenvalue weighted by Crippen LogP contribution is 2.64. The molecular formula is C55H78N2O14SSi. The van der Waals surface area contributed by atoms with Gasteiger partial charge < -0.3 is 48.4 Å². The van der Waals surface area contributed by atoms with Gasteiger partial charge in [0.2, 0.25) is 0 Å². The Morgan fingerprint density at radius 3 is 2.12 bits per heavy atom. The fourth-order valence-corrected chi connectivity index (χ4v) is 15.9. The Kier molecular flexibility index (Phi) is 17.2. The lowest BCUT2D eigenvalue weighted by Gasteiger charge is -2.67. The van der Waals surface area contributed by atoms with Crippen LogP contribution in [-0.4, -0.2) is 151 Å². The van der Waals surface area contributed by atoms with E-state index in [1.807, 2.05) is 38.6 Å². The number of Topliss-reactive ketones (excluding diaryl/α,β-unsaturated/α-hetero) is 1. The monoisotopic (exact) mass is 1050 g/mol. The highest BCUT2D eigenvalue weighted by Gasteiger charge is 2.78. The number of rotatable bonds is 17.